The molecule has 0 unspecified atom stereocenters. The maximum atomic E-state index is 11.8. The van der Waals surface area contributed by atoms with Crippen molar-refractivity contribution in [2.45, 2.75) is 46.6 Å². The summed E-state index contributed by atoms with van der Waals surface area (Å²) in [5, 5.41) is 0. The van der Waals surface area contributed by atoms with Crippen molar-refractivity contribution in [1.29, 1.82) is 0 Å². The molecular weight excluding hydrogens is 216 g/mol. The number of likely N-dealkylation sites (tertiary alicyclic amines) is 1. The highest BCUT2D eigenvalue weighted by molar-refractivity contribution is 5.69. The number of ether oxygens (including phenoxy) is 1. The van der Waals surface area contributed by atoms with Crippen molar-refractivity contribution in [1.82, 2.24) is 4.90 Å². The molecule has 0 atom stereocenters. The first kappa shape index (κ1) is 14.3. The van der Waals surface area contributed by atoms with E-state index < -0.39 is 5.60 Å². The van der Waals surface area contributed by atoms with Gasteiger partial charge in [-0.15, -0.1) is 0 Å². The molecule has 0 aromatic heterocycles. The Morgan fingerprint density at radius 3 is 2.24 bits per heavy atom. The number of carbonyl (C=O) groups excluding carboxylic acids is 1. The summed E-state index contributed by atoms with van der Waals surface area (Å²) in [4.78, 5) is 13.5. The maximum absolute atomic E-state index is 11.8. The second-order valence-corrected chi connectivity index (χ2v) is 6.61. The zero-order valence-electron chi connectivity index (χ0n) is 11.7. The van der Waals surface area contributed by atoms with Crippen molar-refractivity contribution < 1.29 is 9.53 Å². The van der Waals surface area contributed by atoms with Crippen molar-refractivity contribution in [3.63, 3.8) is 0 Å². The summed E-state index contributed by atoms with van der Waals surface area (Å²) in [6.45, 7) is 12.4. The Hall–Kier alpha value is -0.770. The Morgan fingerprint density at radius 1 is 1.29 bits per heavy atom. The zero-order valence-corrected chi connectivity index (χ0v) is 11.7. The van der Waals surface area contributed by atoms with E-state index in [1.807, 2.05) is 20.8 Å². The van der Waals surface area contributed by atoms with Crippen LogP contribution in [0.1, 0.15) is 41.0 Å². The van der Waals surface area contributed by atoms with Gasteiger partial charge >= 0.3 is 6.09 Å². The number of amides is 1. The molecular formula is C13H26N2O2. The van der Waals surface area contributed by atoms with Crippen LogP contribution in [0, 0.1) is 11.3 Å². The van der Waals surface area contributed by atoms with Gasteiger partial charge in [-0.2, -0.15) is 0 Å². The van der Waals surface area contributed by atoms with E-state index in [2.05, 4.69) is 13.8 Å². The minimum Gasteiger partial charge on any atom is -0.444 e. The van der Waals surface area contributed by atoms with E-state index in [4.69, 9.17) is 10.5 Å². The molecule has 100 valence electrons. The highest BCUT2D eigenvalue weighted by Gasteiger charge is 2.41. The summed E-state index contributed by atoms with van der Waals surface area (Å²) in [6, 6.07) is 0. The number of hydrogen-bond donors (Lipinski definition) is 1. The highest BCUT2D eigenvalue weighted by Crippen LogP contribution is 2.37. The monoisotopic (exact) mass is 242 g/mol. The first-order valence-corrected chi connectivity index (χ1v) is 6.34. The molecule has 0 saturated carbocycles. The number of carbonyl (C=O) groups is 1. The minimum atomic E-state index is -0.408. The van der Waals surface area contributed by atoms with Crippen molar-refractivity contribution in [2.75, 3.05) is 19.6 Å². The quantitative estimate of drug-likeness (QED) is 0.825. The summed E-state index contributed by atoms with van der Waals surface area (Å²) in [5.74, 6) is 0.540. The van der Waals surface area contributed by atoms with E-state index in [1.54, 1.807) is 4.90 Å². The largest absolute Gasteiger partial charge is 0.444 e. The van der Waals surface area contributed by atoms with Gasteiger partial charge in [-0.1, -0.05) is 13.8 Å². The van der Waals surface area contributed by atoms with Crippen LogP contribution in [0.15, 0.2) is 0 Å². The minimum absolute atomic E-state index is 0.197. The Balaban J connectivity index is 2.39. The molecule has 4 nitrogen and oxygen atoms in total. The van der Waals surface area contributed by atoms with Crippen LogP contribution < -0.4 is 5.73 Å². The molecule has 1 rings (SSSR count). The normalized spacial score (nSPS) is 17.9. The summed E-state index contributed by atoms with van der Waals surface area (Å²) >= 11 is 0. The molecule has 17 heavy (non-hydrogen) atoms. The van der Waals surface area contributed by atoms with Crippen molar-refractivity contribution in [2.24, 2.45) is 17.1 Å². The van der Waals surface area contributed by atoms with E-state index in [-0.39, 0.29) is 11.5 Å². The lowest BCUT2D eigenvalue weighted by atomic mass is 9.72. The van der Waals surface area contributed by atoms with Gasteiger partial charge in [0.15, 0.2) is 0 Å². The molecule has 1 fully saturated rings. The molecule has 1 aliphatic rings. The standard InChI is InChI=1S/C13H26N2O2/c1-12(2,3)17-11(16)15-8-10(9-15)13(4,5)6-7-14/h10H,6-9,14H2,1-5H3. The number of nitrogens with two attached hydrogens (primary N) is 1. The van der Waals surface area contributed by atoms with Crippen LogP contribution in [0.4, 0.5) is 4.79 Å². The average molecular weight is 242 g/mol. The van der Waals surface area contributed by atoms with Gasteiger partial charge in [-0.05, 0) is 45.1 Å². The molecule has 1 heterocycles. The Labute approximate surface area is 104 Å². The average Bonchev–Trinajstić information content (AvgIpc) is 1.94. The number of hydrogen-bond acceptors (Lipinski definition) is 3. The van der Waals surface area contributed by atoms with E-state index in [9.17, 15) is 4.79 Å². The lowest BCUT2D eigenvalue weighted by Crippen LogP contribution is -2.56. The Kier molecular flexibility index (Phi) is 4.07. The summed E-state index contributed by atoms with van der Waals surface area (Å²) in [6.07, 6.45) is 0.803. The van der Waals surface area contributed by atoms with Gasteiger partial charge in [0.05, 0.1) is 0 Å². The SMILES string of the molecule is CC(C)(C)OC(=O)N1CC(C(C)(C)CCN)C1. The molecule has 4 heteroatoms. The lowest BCUT2D eigenvalue weighted by molar-refractivity contribution is -0.0258. The van der Waals surface area contributed by atoms with Crippen molar-refractivity contribution in [3.05, 3.63) is 0 Å². The maximum Gasteiger partial charge on any atom is 0.410 e. The number of rotatable bonds is 3. The van der Waals surface area contributed by atoms with Gasteiger partial charge in [0.2, 0.25) is 0 Å². The van der Waals surface area contributed by atoms with Crippen LogP contribution in [0.2, 0.25) is 0 Å². The second kappa shape index (κ2) is 4.84. The van der Waals surface area contributed by atoms with E-state index >= 15 is 0 Å². The first-order chi connectivity index (χ1) is 7.65. The summed E-state index contributed by atoms with van der Waals surface area (Å²) in [5.41, 5.74) is 5.41. The molecule has 0 aromatic rings. The molecule has 0 radical (unpaired) electrons. The summed E-state index contributed by atoms with van der Waals surface area (Å²) in [7, 11) is 0. The molecule has 0 spiro atoms. The second-order valence-electron chi connectivity index (χ2n) is 6.61. The van der Waals surface area contributed by atoms with Crippen molar-refractivity contribution >= 4 is 6.09 Å². The molecule has 0 bridgehead atoms. The topological polar surface area (TPSA) is 55.6 Å². The predicted molar refractivity (Wildman–Crippen MR) is 68.7 cm³/mol. The number of nitrogens with zero attached hydrogens (tertiary/aromatic N) is 1. The van der Waals surface area contributed by atoms with Gasteiger partial charge in [-0.25, -0.2) is 4.79 Å². The van der Waals surface area contributed by atoms with E-state index in [0.29, 0.717) is 12.5 Å². The highest BCUT2D eigenvalue weighted by atomic mass is 16.6. The van der Waals surface area contributed by atoms with Crippen molar-refractivity contribution in [3.8, 4) is 0 Å². The van der Waals surface area contributed by atoms with Gasteiger partial charge in [0.1, 0.15) is 5.60 Å². The van der Waals surface area contributed by atoms with Crippen LogP contribution in [0.25, 0.3) is 0 Å². The Bertz CT molecular complexity index is 276. The van der Waals surface area contributed by atoms with Crippen LogP contribution in [0.5, 0.6) is 0 Å². The molecule has 1 saturated heterocycles. The van der Waals surface area contributed by atoms with Crippen LogP contribution >= 0.6 is 0 Å². The van der Waals surface area contributed by atoms with Crippen LogP contribution in [-0.2, 0) is 4.74 Å². The lowest BCUT2D eigenvalue weighted by Gasteiger charge is -2.47. The molecule has 1 amide bonds. The third-order valence-corrected chi connectivity index (χ3v) is 3.43. The third-order valence-electron chi connectivity index (χ3n) is 3.43. The first-order valence-electron chi connectivity index (χ1n) is 6.34. The van der Waals surface area contributed by atoms with Crippen LogP contribution in [-0.4, -0.2) is 36.2 Å². The van der Waals surface area contributed by atoms with Gasteiger partial charge in [0, 0.05) is 13.1 Å². The zero-order chi connectivity index (χ0) is 13.3. The molecule has 0 aliphatic carbocycles. The smallest absolute Gasteiger partial charge is 0.410 e. The van der Waals surface area contributed by atoms with E-state index in [0.717, 1.165) is 19.5 Å². The van der Waals surface area contributed by atoms with Gasteiger partial charge in [-0.3, -0.25) is 0 Å². The van der Waals surface area contributed by atoms with Gasteiger partial charge < -0.3 is 15.4 Å². The Morgan fingerprint density at radius 2 is 1.82 bits per heavy atom. The fourth-order valence-corrected chi connectivity index (χ4v) is 2.02. The fourth-order valence-electron chi connectivity index (χ4n) is 2.02. The third kappa shape index (κ3) is 3.87. The molecule has 1 aliphatic heterocycles. The fraction of sp³-hybridized carbons (Fsp3) is 0.923. The molecule has 0 aromatic carbocycles. The predicted octanol–water partition coefficient (Wildman–Crippen LogP) is 2.23. The van der Waals surface area contributed by atoms with Gasteiger partial charge in [0.25, 0.3) is 0 Å². The van der Waals surface area contributed by atoms with Crippen LogP contribution in [0.3, 0.4) is 0 Å². The molecule has 2 N–H and O–H groups in total. The van der Waals surface area contributed by atoms with E-state index in [1.165, 1.54) is 0 Å². The summed E-state index contributed by atoms with van der Waals surface area (Å²) < 4.78 is 5.32.